The maximum Gasteiger partial charge on any atom is 0.325 e. The number of carboxylic acids is 1. The van der Waals surface area contributed by atoms with Crippen molar-refractivity contribution in [3.63, 3.8) is 0 Å². The number of phenols is 1. The smallest absolute Gasteiger partial charge is 0.325 e. The summed E-state index contributed by atoms with van der Waals surface area (Å²) in [4.78, 5) is 52.9. The highest BCUT2D eigenvalue weighted by Gasteiger charge is 2.29. The van der Waals surface area contributed by atoms with Gasteiger partial charge in [0.15, 0.2) is 5.96 Å². The van der Waals surface area contributed by atoms with Gasteiger partial charge in [-0.15, -0.1) is 0 Å². The Balaban J connectivity index is 3.08. The highest BCUT2D eigenvalue weighted by molar-refractivity contribution is 5.94. The number of aliphatic hydroxyl groups excluding tert-OH is 1. The highest BCUT2D eigenvalue weighted by Crippen LogP contribution is 2.12. The normalized spacial score (nSPS) is 14.0. The molecule has 194 valence electrons. The Morgan fingerprint density at radius 2 is 1.54 bits per heavy atom. The maximum absolute atomic E-state index is 13.1. The summed E-state index contributed by atoms with van der Waals surface area (Å²) in [6, 6.07) is 1.04. The lowest BCUT2D eigenvalue weighted by atomic mass is 10.0. The summed E-state index contributed by atoms with van der Waals surface area (Å²) in [5, 5.41) is 34.9. The summed E-state index contributed by atoms with van der Waals surface area (Å²) in [6.45, 7) is 0.778. The molecule has 0 aliphatic heterocycles. The van der Waals surface area contributed by atoms with Crippen molar-refractivity contribution in [1.29, 1.82) is 0 Å². The van der Waals surface area contributed by atoms with Crippen molar-refractivity contribution in [2.45, 2.75) is 50.4 Å². The number of aliphatic hydroxyl groups is 1. The van der Waals surface area contributed by atoms with Crippen LogP contribution in [0.5, 0.6) is 5.75 Å². The van der Waals surface area contributed by atoms with Gasteiger partial charge in [-0.3, -0.25) is 24.2 Å². The molecule has 0 aromatic heterocycles. The second kappa shape index (κ2) is 14.4. The molecule has 4 unspecified atom stereocenters. The monoisotopic (exact) mass is 495 g/mol. The molecule has 0 saturated heterocycles. The predicted molar refractivity (Wildman–Crippen MR) is 126 cm³/mol. The molecule has 1 aromatic carbocycles. The predicted octanol–water partition coefficient (Wildman–Crippen LogP) is -3.13. The summed E-state index contributed by atoms with van der Waals surface area (Å²) in [6.07, 6.45) is 0.322. The van der Waals surface area contributed by atoms with Gasteiger partial charge in [0.2, 0.25) is 17.7 Å². The molecule has 0 saturated carbocycles. The molecule has 0 aliphatic rings. The van der Waals surface area contributed by atoms with E-state index in [2.05, 4.69) is 20.9 Å². The average molecular weight is 496 g/mol. The van der Waals surface area contributed by atoms with Gasteiger partial charge < -0.3 is 48.5 Å². The number of aliphatic imine (C=N–C) groups is 1. The third-order valence-corrected chi connectivity index (χ3v) is 4.85. The summed E-state index contributed by atoms with van der Waals surface area (Å²) < 4.78 is 0. The molecule has 1 rings (SSSR count). The second-order valence-corrected chi connectivity index (χ2v) is 7.80. The first-order chi connectivity index (χ1) is 16.4. The second-order valence-electron chi connectivity index (χ2n) is 7.80. The van der Waals surface area contributed by atoms with Crippen LogP contribution in [-0.4, -0.2) is 82.3 Å². The van der Waals surface area contributed by atoms with Gasteiger partial charge in [0.25, 0.3) is 0 Å². The minimum Gasteiger partial charge on any atom is -0.508 e. The summed E-state index contributed by atoms with van der Waals surface area (Å²) in [7, 11) is 0. The van der Waals surface area contributed by atoms with Crippen LogP contribution < -0.4 is 33.2 Å². The zero-order chi connectivity index (χ0) is 26.5. The zero-order valence-corrected chi connectivity index (χ0v) is 19.3. The largest absolute Gasteiger partial charge is 0.508 e. The van der Waals surface area contributed by atoms with Crippen LogP contribution in [0.25, 0.3) is 0 Å². The number of amides is 3. The van der Waals surface area contributed by atoms with Gasteiger partial charge in [-0.2, -0.15) is 0 Å². The van der Waals surface area contributed by atoms with Crippen molar-refractivity contribution in [2.24, 2.45) is 22.2 Å². The molecule has 14 heteroatoms. The molecule has 0 aliphatic carbocycles. The first-order valence-corrected chi connectivity index (χ1v) is 10.8. The van der Waals surface area contributed by atoms with Gasteiger partial charge in [-0.25, -0.2) is 0 Å². The molecule has 0 spiro atoms. The number of carboxylic acid groups (broad SMARTS) is 1. The van der Waals surface area contributed by atoms with Crippen LogP contribution in [0.4, 0.5) is 0 Å². The van der Waals surface area contributed by atoms with Gasteiger partial charge >= 0.3 is 5.97 Å². The Kier molecular flexibility index (Phi) is 12.0. The van der Waals surface area contributed by atoms with E-state index >= 15 is 0 Å². The lowest BCUT2D eigenvalue weighted by Crippen LogP contribution is -2.57. The Morgan fingerprint density at radius 1 is 0.971 bits per heavy atom. The first-order valence-electron chi connectivity index (χ1n) is 10.8. The number of benzene rings is 1. The molecule has 35 heavy (non-hydrogen) atoms. The third-order valence-electron chi connectivity index (χ3n) is 4.85. The molecule has 0 heterocycles. The number of aliphatic carboxylic acids is 1. The van der Waals surface area contributed by atoms with Gasteiger partial charge in [0.1, 0.15) is 29.9 Å². The maximum atomic E-state index is 13.1. The van der Waals surface area contributed by atoms with E-state index in [0.29, 0.717) is 5.56 Å². The number of carbonyl (C=O) groups excluding carboxylic acids is 3. The average Bonchev–Trinajstić information content (AvgIpc) is 2.80. The van der Waals surface area contributed by atoms with Crippen LogP contribution in [0, 0.1) is 0 Å². The molecular formula is C21H33N7O7. The van der Waals surface area contributed by atoms with E-state index in [1.165, 1.54) is 19.1 Å². The number of nitrogens with two attached hydrogens (primary N) is 3. The van der Waals surface area contributed by atoms with Crippen molar-refractivity contribution in [3.05, 3.63) is 29.8 Å². The molecule has 4 atom stereocenters. The topological polar surface area (TPSA) is 255 Å². The van der Waals surface area contributed by atoms with Crippen LogP contribution in [0.2, 0.25) is 0 Å². The molecule has 3 amide bonds. The Hall–Kier alpha value is -3.91. The number of hydrogen-bond acceptors (Lipinski definition) is 8. The lowest BCUT2D eigenvalue weighted by Gasteiger charge is -2.24. The van der Waals surface area contributed by atoms with Crippen molar-refractivity contribution in [1.82, 2.24) is 16.0 Å². The number of rotatable bonds is 14. The number of carbonyl (C=O) groups is 4. The number of nitrogens with one attached hydrogen (secondary N) is 3. The van der Waals surface area contributed by atoms with Crippen LogP contribution in [0.1, 0.15) is 25.3 Å². The van der Waals surface area contributed by atoms with Crippen molar-refractivity contribution >= 4 is 29.7 Å². The van der Waals surface area contributed by atoms with Crippen LogP contribution in [-0.2, 0) is 25.6 Å². The van der Waals surface area contributed by atoms with Crippen molar-refractivity contribution in [2.75, 3.05) is 13.2 Å². The van der Waals surface area contributed by atoms with Gasteiger partial charge in [0, 0.05) is 13.0 Å². The fourth-order valence-electron chi connectivity index (χ4n) is 2.86. The van der Waals surface area contributed by atoms with Gasteiger partial charge in [0.05, 0.1) is 6.61 Å². The fraction of sp³-hybridized carbons (Fsp3) is 0.476. The molecule has 14 nitrogen and oxygen atoms in total. The number of guanidine groups is 1. The van der Waals surface area contributed by atoms with E-state index in [9.17, 15) is 24.3 Å². The van der Waals surface area contributed by atoms with E-state index in [1.807, 2.05) is 0 Å². The van der Waals surface area contributed by atoms with Crippen molar-refractivity contribution in [3.8, 4) is 5.75 Å². The lowest BCUT2D eigenvalue weighted by molar-refractivity contribution is -0.141. The van der Waals surface area contributed by atoms with E-state index in [0.717, 1.165) is 0 Å². The quantitative estimate of drug-likeness (QED) is 0.0712. The minimum atomic E-state index is -1.28. The minimum absolute atomic E-state index is 0.00569. The number of phenolic OH excluding ortho intramolecular Hbond substituents is 1. The fourth-order valence-corrected chi connectivity index (χ4v) is 2.86. The summed E-state index contributed by atoms with van der Waals surface area (Å²) in [5.41, 5.74) is 16.7. The molecule has 1 aromatic rings. The third kappa shape index (κ3) is 10.7. The number of aromatic hydroxyl groups is 1. The van der Waals surface area contributed by atoms with E-state index < -0.39 is 54.5 Å². The van der Waals surface area contributed by atoms with Crippen LogP contribution in [0.15, 0.2) is 29.3 Å². The molecule has 0 bridgehead atoms. The van der Waals surface area contributed by atoms with Crippen LogP contribution >= 0.6 is 0 Å². The van der Waals surface area contributed by atoms with Crippen molar-refractivity contribution < 1.29 is 34.5 Å². The Morgan fingerprint density at radius 3 is 2.09 bits per heavy atom. The SMILES string of the molecule is CC(NC(=O)C(CCCN=C(N)N)NC(=O)C(Cc1ccc(O)cc1)NC(=O)C(N)CO)C(=O)O. The van der Waals surface area contributed by atoms with Crippen LogP contribution in [0.3, 0.4) is 0 Å². The molecular weight excluding hydrogens is 462 g/mol. The molecule has 0 radical (unpaired) electrons. The zero-order valence-electron chi connectivity index (χ0n) is 19.3. The molecule has 0 fully saturated rings. The first kappa shape index (κ1) is 29.1. The molecule has 12 N–H and O–H groups in total. The van der Waals surface area contributed by atoms with E-state index in [1.54, 1.807) is 12.1 Å². The standard InChI is InChI=1S/C21H33N7O7/c1-11(20(34)35)26-18(32)15(3-2-8-25-21(23)24)27-19(33)16(28-17(31)14(22)10-29)9-12-4-6-13(30)7-5-12/h4-7,11,14-16,29-30H,2-3,8-10,22H2,1H3,(H,26,32)(H,27,33)(H,28,31)(H,34,35)(H4,23,24,25). The highest BCUT2D eigenvalue weighted by atomic mass is 16.4. The van der Waals surface area contributed by atoms with E-state index in [4.69, 9.17) is 27.4 Å². The van der Waals surface area contributed by atoms with Gasteiger partial charge in [-0.05, 0) is 37.5 Å². The number of hydrogen-bond donors (Lipinski definition) is 9. The Bertz CT molecular complexity index is 904. The number of nitrogens with zero attached hydrogens (tertiary/aromatic N) is 1. The van der Waals surface area contributed by atoms with E-state index in [-0.39, 0.29) is 37.5 Å². The van der Waals surface area contributed by atoms with Gasteiger partial charge in [-0.1, -0.05) is 12.1 Å². The Labute approximate surface area is 201 Å². The summed E-state index contributed by atoms with van der Waals surface area (Å²) >= 11 is 0. The summed E-state index contributed by atoms with van der Waals surface area (Å²) in [5.74, 6) is -3.70.